The van der Waals surface area contributed by atoms with Gasteiger partial charge in [-0.05, 0) is 138 Å². The molecule has 12 aromatic rings. The first-order chi connectivity index (χ1) is 30.4. The van der Waals surface area contributed by atoms with E-state index >= 15 is 0 Å². The zero-order valence-corrected chi connectivity index (χ0v) is 35.5. The van der Waals surface area contributed by atoms with Crippen molar-refractivity contribution in [2.75, 3.05) is 14.7 Å². The molecular weight excluding hydrogens is 767 g/mol. The molecule has 4 heteroatoms. The Kier molecular flexibility index (Phi) is 4.49. The van der Waals surface area contributed by atoms with E-state index in [0.29, 0.717) is 0 Å². The fraction of sp³-hybridized carbons (Fsp3) is 0.0690. The van der Waals surface area contributed by atoms with Gasteiger partial charge in [0.2, 0.25) is 0 Å². The molecule has 0 bridgehead atoms. The molecule has 0 fully saturated rings. The fourth-order valence-electron chi connectivity index (χ4n) is 14.5. The first-order valence-corrected chi connectivity index (χ1v) is 24.7. The molecule has 12 aromatic carbocycles. The van der Waals surface area contributed by atoms with Crippen LogP contribution in [0.15, 0.2) is 127 Å². The average molecular weight is 800 g/mol. The molecule has 62 heavy (non-hydrogen) atoms. The van der Waals surface area contributed by atoms with Gasteiger partial charge in [0.15, 0.2) is 8.07 Å². The van der Waals surface area contributed by atoms with Crippen molar-refractivity contribution in [2.45, 2.75) is 27.3 Å². The third kappa shape index (κ3) is 2.80. The van der Waals surface area contributed by atoms with Gasteiger partial charge in [-0.25, -0.2) is 0 Å². The van der Waals surface area contributed by atoms with E-state index in [1.165, 1.54) is 165 Å². The lowest BCUT2D eigenvalue weighted by Crippen LogP contribution is -2.74. The van der Waals surface area contributed by atoms with Gasteiger partial charge in [-0.2, -0.15) is 0 Å². The number of hydrogen-bond acceptors (Lipinski definition) is 3. The SMILES string of the molecule is Cc1ccc2c3c1ccc1ccc4cc5c6c(c4c13)N2c1cc2ccc3ccc4c(C)ccc7c4c3c2c2c1[Si]6(C)c1c(cc3ccc4ccc6c(C)ccc8c6c4c3c1N58)N27. The van der Waals surface area contributed by atoms with Crippen LogP contribution in [0.4, 0.5) is 51.2 Å². The summed E-state index contributed by atoms with van der Waals surface area (Å²) in [5.74, 6) is 0. The number of rotatable bonds is 0. The van der Waals surface area contributed by atoms with Crippen molar-refractivity contribution in [2.24, 2.45) is 0 Å². The molecule has 284 valence electrons. The monoisotopic (exact) mass is 799 g/mol. The summed E-state index contributed by atoms with van der Waals surface area (Å²) in [7, 11) is -2.87. The van der Waals surface area contributed by atoms with Crippen LogP contribution in [0, 0.1) is 20.8 Å². The normalized spacial score (nSPS) is 15.8. The lowest BCUT2D eigenvalue weighted by Gasteiger charge is -2.56. The van der Waals surface area contributed by atoms with Crippen LogP contribution < -0.4 is 30.3 Å². The zero-order chi connectivity index (χ0) is 40.1. The highest BCUT2D eigenvalue weighted by molar-refractivity contribution is 7.17. The molecule has 0 radical (unpaired) electrons. The van der Waals surface area contributed by atoms with Gasteiger partial charge in [0.25, 0.3) is 0 Å². The predicted molar refractivity (Wildman–Crippen MR) is 267 cm³/mol. The highest BCUT2D eigenvalue weighted by atomic mass is 28.3. The van der Waals surface area contributed by atoms with Crippen LogP contribution in [0.2, 0.25) is 6.55 Å². The number of nitrogens with zero attached hydrogens (tertiary/aromatic N) is 3. The molecule has 6 aliphatic heterocycles. The topological polar surface area (TPSA) is 9.72 Å². The zero-order valence-electron chi connectivity index (χ0n) is 34.5. The van der Waals surface area contributed by atoms with Crippen LogP contribution >= 0.6 is 0 Å². The van der Waals surface area contributed by atoms with Crippen molar-refractivity contribution >= 4 is 172 Å². The molecule has 6 aliphatic rings. The second kappa shape index (κ2) is 9.11. The highest BCUT2D eigenvalue weighted by Crippen LogP contribution is 2.64. The number of anilines is 9. The molecule has 0 saturated carbocycles. The first kappa shape index (κ1) is 30.6. The third-order valence-electron chi connectivity index (χ3n) is 16.9. The Hall–Kier alpha value is -7.40. The van der Waals surface area contributed by atoms with Crippen molar-refractivity contribution in [1.82, 2.24) is 0 Å². The van der Waals surface area contributed by atoms with Gasteiger partial charge >= 0.3 is 0 Å². The quantitative estimate of drug-likeness (QED) is 0.112. The molecule has 6 heterocycles. The summed E-state index contributed by atoms with van der Waals surface area (Å²) in [6, 6.07) is 51.0. The Bertz CT molecular complexity index is 4010. The minimum atomic E-state index is -2.87. The first-order valence-electron chi connectivity index (χ1n) is 22.2. The molecule has 0 saturated heterocycles. The summed E-state index contributed by atoms with van der Waals surface area (Å²) >= 11 is 0. The summed E-state index contributed by atoms with van der Waals surface area (Å²) < 4.78 is 0. The van der Waals surface area contributed by atoms with E-state index in [1.54, 1.807) is 15.6 Å². The number of aryl methyl sites for hydroxylation is 3. The molecule has 0 atom stereocenters. The average Bonchev–Trinajstić information content (AvgIpc) is 3.29. The van der Waals surface area contributed by atoms with Crippen LogP contribution in [0.25, 0.3) is 97.0 Å². The van der Waals surface area contributed by atoms with Gasteiger partial charge in [-0.1, -0.05) is 97.5 Å². The Balaban J connectivity index is 1.18. The fourth-order valence-corrected chi connectivity index (χ4v) is 19.4. The van der Waals surface area contributed by atoms with E-state index in [2.05, 4.69) is 169 Å². The van der Waals surface area contributed by atoms with Crippen LogP contribution in [-0.4, -0.2) is 8.07 Å². The molecular formula is C58H33N3Si. The van der Waals surface area contributed by atoms with E-state index in [0.717, 1.165) is 0 Å². The van der Waals surface area contributed by atoms with Crippen molar-refractivity contribution < 1.29 is 0 Å². The van der Waals surface area contributed by atoms with E-state index in [4.69, 9.17) is 0 Å². The molecule has 0 aliphatic carbocycles. The summed E-state index contributed by atoms with van der Waals surface area (Å²) in [4.78, 5) is 8.29. The molecule has 18 rings (SSSR count). The summed E-state index contributed by atoms with van der Waals surface area (Å²) in [5, 5.41) is 29.4. The highest BCUT2D eigenvalue weighted by Gasteiger charge is 2.59. The summed E-state index contributed by atoms with van der Waals surface area (Å²) in [5.41, 5.74) is 16.3. The molecule has 0 aromatic heterocycles. The maximum Gasteiger partial charge on any atom is 0.161 e. The van der Waals surface area contributed by atoms with Crippen LogP contribution in [0.3, 0.4) is 0 Å². The van der Waals surface area contributed by atoms with Crippen LogP contribution in [0.1, 0.15) is 16.7 Å². The summed E-state index contributed by atoms with van der Waals surface area (Å²) in [6.07, 6.45) is 0. The number of hydrogen-bond donors (Lipinski definition) is 0. The van der Waals surface area contributed by atoms with Crippen LogP contribution in [0.5, 0.6) is 0 Å². The Morgan fingerprint density at radius 3 is 0.903 bits per heavy atom. The van der Waals surface area contributed by atoms with Crippen molar-refractivity contribution in [3.05, 3.63) is 144 Å². The number of fused-ring (bicyclic) bond motifs is 6. The molecule has 0 amide bonds. The van der Waals surface area contributed by atoms with Gasteiger partial charge in [-0.15, -0.1) is 0 Å². The van der Waals surface area contributed by atoms with Crippen molar-refractivity contribution in [3.63, 3.8) is 0 Å². The molecule has 0 unspecified atom stereocenters. The Labute approximate surface area is 356 Å². The molecule has 3 nitrogen and oxygen atoms in total. The lowest BCUT2D eigenvalue weighted by atomic mass is 9.85. The second-order valence-electron chi connectivity index (χ2n) is 19.4. The number of benzene rings is 12. The Morgan fingerprint density at radius 2 is 0.581 bits per heavy atom. The second-order valence-corrected chi connectivity index (χ2v) is 23.2. The molecule has 0 N–H and O–H groups in total. The van der Waals surface area contributed by atoms with E-state index in [9.17, 15) is 0 Å². The molecule has 0 spiro atoms. The largest absolute Gasteiger partial charge is 0.309 e. The van der Waals surface area contributed by atoms with Gasteiger partial charge in [-0.3, -0.25) is 0 Å². The Morgan fingerprint density at radius 1 is 0.290 bits per heavy atom. The van der Waals surface area contributed by atoms with Crippen molar-refractivity contribution in [1.29, 1.82) is 0 Å². The third-order valence-corrected chi connectivity index (χ3v) is 21.3. The minimum Gasteiger partial charge on any atom is -0.309 e. The van der Waals surface area contributed by atoms with Crippen LogP contribution in [-0.2, 0) is 0 Å². The lowest BCUT2D eigenvalue weighted by molar-refractivity contribution is 1.24. The van der Waals surface area contributed by atoms with Gasteiger partial charge < -0.3 is 14.7 Å². The maximum atomic E-state index is 2.76. The smallest absolute Gasteiger partial charge is 0.161 e. The van der Waals surface area contributed by atoms with Gasteiger partial charge in [0, 0.05) is 65.5 Å². The summed E-state index contributed by atoms with van der Waals surface area (Å²) in [6.45, 7) is 9.62. The standard InChI is InChI=1S/C58H33N3Si/c1-26-5-20-38-50-35(26)17-14-29-8-11-32-23-42-57-53(47(32)44(29)50)59(38)41-24-33-12-9-30-15-18-37-28(3)7-22-40-52(37)45(30)48(33)54-56(41)62(57,4)58-43(61(40)54)25-34-13-10-31-16-19-36-27(2)6-21-39-51(36)46(31)49(34)55(58)60(39)42/h5-25H,1-4H3. The van der Waals surface area contributed by atoms with E-state index in [-0.39, 0.29) is 0 Å². The van der Waals surface area contributed by atoms with E-state index in [1.807, 2.05) is 0 Å². The van der Waals surface area contributed by atoms with Gasteiger partial charge in [0.1, 0.15) is 0 Å². The van der Waals surface area contributed by atoms with E-state index < -0.39 is 8.07 Å². The van der Waals surface area contributed by atoms with Crippen molar-refractivity contribution in [3.8, 4) is 0 Å². The minimum absolute atomic E-state index is 1.31. The van der Waals surface area contributed by atoms with Gasteiger partial charge in [0.05, 0.1) is 34.1 Å². The maximum absolute atomic E-state index is 2.87. The predicted octanol–water partition coefficient (Wildman–Crippen LogP) is 14.4.